The molecule has 4 heterocycles. The van der Waals surface area contributed by atoms with Crippen molar-refractivity contribution < 1.29 is 8.42 Å². The van der Waals surface area contributed by atoms with Gasteiger partial charge in [-0.3, -0.25) is 0 Å². The monoisotopic (exact) mass is 459 g/mol. The summed E-state index contributed by atoms with van der Waals surface area (Å²) in [5, 5.41) is 4.67. The summed E-state index contributed by atoms with van der Waals surface area (Å²) in [5.41, 5.74) is 1.61. The molecule has 0 amide bonds. The van der Waals surface area contributed by atoms with E-state index in [9.17, 15) is 8.42 Å². The van der Waals surface area contributed by atoms with Crippen LogP contribution >= 0.6 is 23.1 Å². The largest absolute Gasteiger partial charge is 0.319 e. The summed E-state index contributed by atoms with van der Waals surface area (Å²) in [4.78, 5) is 14.8. The number of hydrogen-bond donors (Lipinski definition) is 0. The van der Waals surface area contributed by atoms with Crippen LogP contribution in [0.2, 0.25) is 0 Å². The predicted octanol–water partition coefficient (Wildman–Crippen LogP) is 4.39. The van der Waals surface area contributed by atoms with E-state index in [4.69, 9.17) is 4.98 Å². The SMILES string of the molecule is CCn1c(Sc2ncnc3sccc23)nc2cc(S(=O)(=O)N3CCCCC3)ccc21. The van der Waals surface area contributed by atoms with Gasteiger partial charge in [0.15, 0.2) is 5.16 Å². The van der Waals surface area contributed by atoms with E-state index in [0.717, 1.165) is 51.7 Å². The highest BCUT2D eigenvalue weighted by molar-refractivity contribution is 7.99. The fourth-order valence-corrected chi connectivity index (χ4v) is 7.18. The Balaban J connectivity index is 1.55. The molecule has 0 saturated carbocycles. The molecule has 1 aromatic carbocycles. The number of hydrogen-bond acceptors (Lipinski definition) is 7. The van der Waals surface area contributed by atoms with Crippen molar-refractivity contribution in [2.75, 3.05) is 13.1 Å². The highest BCUT2D eigenvalue weighted by Gasteiger charge is 2.27. The molecule has 0 radical (unpaired) electrons. The van der Waals surface area contributed by atoms with E-state index in [1.54, 1.807) is 34.1 Å². The fourth-order valence-electron chi connectivity index (χ4n) is 3.82. The minimum absolute atomic E-state index is 0.316. The maximum atomic E-state index is 13.1. The second-order valence-corrected chi connectivity index (χ2v) is 11.0. The highest BCUT2D eigenvalue weighted by Crippen LogP contribution is 2.35. The molecule has 1 fully saturated rings. The van der Waals surface area contributed by atoms with E-state index in [-0.39, 0.29) is 0 Å². The van der Waals surface area contributed by atoms with Crippen molar-refractivity contribution >= 4 is 54.4 Å². The van der Waals surface area contributed by atoms with Crippen LogP contribution in [0, 0.1) is 0 Å². The van der Waals surface area contributed by atoms with Gasteiger partial charge < -0.3 is 4.57 Å². The van der Waals surface area contributed by atoms with Crippen LogP contribution in [0.15, 0.2) is 51.1 Å². The van der Waals surface area contributed by atoms with Crippen molar-refractivity contribution in [1.29, 1.82) is 0 Å². The summed E-state index contributed by atoms with van der Waals surface area (Å²) < 4.78 is 29.8. The van der Waals surface area contributed by atoms with Crippen LogP contribution in [0.5, 0.6) is 0 Å². The first-order chi connectivity index (χ1) is 14.6. The van der Waals surface area contributed by atoms with Crippen molar-refractivity contribution in [3.8, 4) is 0 Å². The minimum atomic E-state index is -3.49. The Morgan fingerprint density at radius 2 is 1.97 bits per heavy atom. The van der Waals surface area contributed by atoms with Gasteiger partial charge in [0, 0.05) is 25.0 Å². The van der Waals surface area contributed by atoms with Crippen molar-refractivity contribution in [3.05, 3.63) is 36.0 Å². The minimum Gasteiger partial charge on any atom is -0.319 e. The number of fused-ring (bicyclic) bond motifs is 2. The van der Waals surface area contributed by atoms with Gasteiger partial charge in [-0.25, -0.2) is 23.4 Å². The zero-order chi connectivity index (χ0) is 20.7. The molecule has 0 atom stereocenters. The van der Waals surface area contributed by atoms with Crippen molar-refractivity contribution in [1.82, 2.24) is 23.8 Å². The van der Waals surface area contributed by atoms with E-state index in [1.807, 2.05) is 17.5 Å². The molecule has 0 N–H and O–H groups in total. The van der Waals surface area contributed by atoms with Gasteiger partial charge in [0.1, 0.15) is 16.2 Å². The third-order valence-electron chi connectivity index (χ3n) is 5.37. The topological polar surface area (TPSA) is 81.0 Å². The Morgan fingerprint density at radius 1 is 1.13 bits per heavy atom. The number of piperidine rings is 1. The molecule has 5 rings (SSSR count). The number of sulfonamides is 1. The van der Waals surface area contributed by atoms with Gasteiger partial charge in [0.2, 0.25) is 10.0 Å². The summed E-state index contributed by atoms with van der Waals surface area (Å²) in [6.45, 7) is 3.98. The van der Waals surface area contributed by atoms with Gasteiger partial charge in [0.25, 0.3) is 0 Å². The van der Waals surface area contributed by atoms with Crippen LogP contribution in [-0.2, 0) is 16.6 Å². The second kappa shape index (κ2) is 7.92. The van der Waals surface area contributed by atoms with Gasteiger partial charge in [-0.15, -0.1) is 11.3 Å². The molecule has 4 aromatic rings. The van der Waals surface area contributed by atoms with Crippen molar-refractivity contribution in [3.63, 3.8) is 0 Å². The maximum Gasteiger partial charge on any atom is 0.243 e. The fraction of sp³-hybridized carbons (Fsp3) is 0.350. The third-order valence-corrected chi connectivity index (χ3v) is 9.10. The summed E-state index contributed by atoms with van der Waals surface area (Å²) in [5.74, 6) is 0. The van der Waals surface area contributed by atoms with Crippen LogP contribution in [-0.4, -0.2) is 45.3 Å². The summed E-state index contributed by atoms with van der Waals surface area (Å²) in [6.07, 6.45) is 4.50. The van der Waals surface area contributed by atoms with Crippen LogP contribution in [0.1, 0.15) is 26.2 Å². The first-order valence-electron chi connectivity index (χ1n) is 9.94. The molecule has 0 unspecified atom stereocenters. The van der Waals surface area contributed by atoms with Gasteiger partial charge >= 0.3 is 0 Å². The number of imidazole rings is 1. The first kappa shape index (κ1) is 19.9. The molecule has 3 aromatic heterocycles. The molecule has 0 bridgehead atoms. The molecule has 0 aliphatic carbocycles. The Bertz CT molecular complexity index is 1320. The van der Waals surface area contributed by atoms with Crippen LogP contribution in [0.3, 0.4) is 0 Å². The summed E-state index contributed by atoms with van der Waals surface area (Å²) in [6, 6.07) is 7.30. The molecule has 1 aliphatic rings. The zero-order valence-corrected chi connectivity index (χ0v) is 18.9. The molecule has 10 heteroatoms. The van der Waals surface area contributed by atoms with Crippen LogP contribution < -0.4 is 0 Å². The lowest BCUT2D eigenvalue weighted by Gasteiger charge is -2.25. The summed E-state index contributed by atoms with van der Waals surface area (Å²) >= 11 is 3.07. The normalized spacial score (nSPS) is 15.9. The number of thiophene rings is 1. The number of aryl methyl sites for hydroxylation is 1. The highest BCUT2D eigenvalue weighted by atomic mass is 32.2. The smallest absolute Gasteiger partial charge is 0.243 e. The Kier molecular flexibility index (Phi) is 5.26. The lowest BCUT2D eigenvalue weighted by atomic mass is 10.2. The molecule has 1 saturated heterocycles. The van der Waals surface area contributed by atoms with Gasteiger partial charge in [-0.2, -0.15) is 4.31 Å². The summed E-state index contributed by atoms with van der Waals surface area (Å²) in [7, 11) is -3.49. The van der Waals surface area contributed by atoms with E-state index in [2.05, 4.69) is 21.5 Å². The average Bonchev–Trinajstić information content (AvgIpc) is 3.38. The maximum absolute atomic E-state index is 13.1. The Hall–Kier alpha value is -2.01. The van der Waals surface area contributed by atoms with E-state index >= 15 is 0 Å². The number of rotatable bonds is 5. The first-order valence-corrected chi connectivity index (χ1v) is 13.1. The van der Waals surface area contributed by atoms with Crippen LogP contribution in [0.4, 0.5) is 0 Å². The Morgan fingerprint density at radius 3 is 2.77 bits per heavy atom. The standard InChI is InChI=1S/C20H21N5O2S3/c1-2-25-17-7-6-14(30(26,27)24-9-4-3-5-10-24)12-16(17)23-20(25)29-19-15-8-11-28-18(15)21-13-22-19/h6-8,11-13H,2-5,9-10H2,1H3. The van der Waals surface area contributed by atoms with Gasteiger partial charge in [0.05, 0.1) is 15.9 Å². The molecular formula is C20H21N5O2S3. The third kappa shape index (κ3) is 3.41. The lowest BCUT2D eigenvalue weighted by molar-refractivity contribution is 0.346. The number of aromatic nitrogens is 4. The lowest BCUT2D eigenvalue weighted by Crippen LogP contribution is -2.35. The molecule has 156 valence electrons. The Labute approximate surface area is 183 Å². The van der Waals surface area contributed by atoms with E-state index in [0.29, 0.717) is 23.5 Å². The van der Waals surface area contributed by atoms with Crippen molar-refractivity contribution in [2.45, 2.75) is 47.8 Å². The second-order valence-electron chi connectivity index (χ2n) is 7.17. The van der Waals surface area contributed by atoms with E-state index in [1.165, 1.54) is 11.8 Å². The van der Waals surface area contributed by atoms with Crippen LogP contribution in [0.25, 0.3) is 21.3 Å². The predicted molar refractivity (Wildman–Crippen MR) is 120 cm³/mol. The average molecular weight is 460 g/mol. The molecular weight excluding hydrogens is 438 g/mol. The molecule has 0 spiro atoms. The number of nitrogens with zero attached hydrogens (tertiary/aromatic N) is 5. The van der Waals surface area contributed by atoms with E-state index < -0.39 is 10.0 Å². The van der Waals surface area contributed by atoms with Crippen molar-refractivity contribution in [2.24, 2.45) is 0 Å². The molecule has 7 nitrogen and oxygen atoms in total. The molecule has 30 heavy (non-hydrogen) atoms. The zero-order valence-electron chi connectivity index (χ0n) is 16.5. The number of benzene rings is 1. The quantitative estimate of drug-likeness (QED) is 0.412. The molecule has 1 aliphatic heterocycles. The van der Waals surface area contributed by atoms with Gasteiger partial charge in [-0.05, 0) is 61.2 Å². The van der Waals surface area contributed by atoms with Gasteiger partial charge in [-0.1, -0.05) is 6.42 Å².